The molecule has 8 heteroatoms. The molecule has 0 saturated carbocycles. The van der Waals surface area contributed by atoms with E-state index in [1.54, 1.807) is 0 Å². The summed E-state index contributed by atoms with van der Waals surface area (Å²) in [5, 5.41) is 2.47. The second-order valence-corrected chi connectivity index (χ2v) is 5.07. The smallest absolute Gasteiger partial charge is 0.365 e. The average molecular weight is 367 g/mol. The van der Waals surface area contributed by atoms with Gasteiger partial charge in [-0.25, -0.2) is 13.8 Å². The standard InChI is InChI=1S/C13H8BrF5N2/c14-8-4-9(13(17,18)19)12(21-6-8)20-5-7-1-2-10(15)11(16)3-7/h1-4,6H,5H2,(H,20,21). The Bertz CT molecular complexity index is 657. The number of rotatable bonds is 3. The van der Waals surface area contributed by atoms with Crippen LogP contribution in [0.1, 0.15) is 11.1 Å². The van der Waals surface area contributed by atoms with Crippen molar-refractivity contribution in [2.45, 2.75) is 12.7 Å². The number of hydrogen-bond acceptors (Lipinski definition) is 2. The van der Waals surface area contributed by atoms with Gasteiger partial charge in [0.05, 0.1) is 5.56 Å². The number of alkyl halides is 3. The molecular formula is C13H8BrF5N2. The molecule has 0 aliphatic carbocycles. The summed E-state index contributed by atoms with van der Waals surface area (Å²) in [6.07, 6.45) is -3.37. The van der Waals surface area contributed by atoms with Gasteiger partial charge in [-0.15, -0.1) is 0 Å². The van der Waals surface area contributed by atoms with Crippen LogP contribution in [0.15, 0.2) is 34.9 Å². The molecule has 21 heavy (non-hydrogen) atoms. The quantitative estimate of drug-likeness (QED) is 0.792. The van der Waals surface area contributed by atoms with E-state index in [2.05, 4.69) is 26.2 Å². The Labute approximate surface area is 125 Å². The van der Waals surface area contributed by atoms with Gasteiger partial charge in [-0.1, -0.05) is 6.07 Å². The summed E-state index contributed by atoms with van der Waals surface area (Å²) in [7, 11) is 0. The lowest BCUT2D eigenvalue weighted by molar-refractivity contribution is -0.137. The van der Waals surface area contributed by atoms with E-state index in [-0.39, 0.29) is 16.8 Å². The molecular weight excluding hydrogens is 359 g/mol. The molecule has 1 aromatic carbocycles. The van der Waals surface area contributed by atoms with Gasteiger partial charge in [0.15, 0.2) is 11.6 Å². The maximum atomic E-state index is 13.0. The number of nitrogens with zero attached hydrogens (tertiary/aromatic N) is 1. The average Bonchev–Trinajstić information content (AvgIpc) is 2.40. The van der Waals surface area contributed by atoms with Gasteiger partial charge in [0, 0.05) is 17.2 Å². The topological polar surface area (TPSA) is 24.9 Å². The van der Waals surface area contributed by atoms with E-state index in [0.717, 1.165) is 18.2 Å². The third kappa shape index (κ3) is 3.90. The van der Waals surface area contributed by atoms with Crippen molar-refractivity contribution in [1.29, 1.82) is 0 Å². The molecule has 0 saturated heterocycles. The zero-order valence-electron chi connectivity index (χ0n) is 10.3. The molecule has 0 aliphatic heterocycles. The Balaban J connectivity index is 2.22. The molecule has 2 aromatic rings. The van der Waals surface area contributed by atoms with Crippen LogP contribution in [0, 0.1) is 11.6 Å². The lowest BCUT2D eigenvalue weighted by atomic mass is 10.2. The molecule has 0 spiro atoms. The highest BCUT2D eigenvalue weighted by molar-refractivity contribution is 9.10. The molecule has 0 amide bonds. The molecule has 112 valence electrons. The first-order valence-corrected chi connectivity index (χ1v) is 6.47. The normalized spacial score (nSPS) is 11.5. The van der Waals surface area contributed by atoms with Gasteiger partial charge in [0.1, 0.15) is 5.82 Å². The van der Waals surface area contributed by atoms with Crippen LogP contribution < -0.4 is 5.32 Å². The van der Waals surface area contributed by atoms with E-state index in [9.17, 15) is 22.0 Å². The number of hydrogen-bond donors (Lipinski definition) is 1. The predicted octanol–water partition coefficient (Wildman–Crippen LogP) is 4.75. The fourth-order valence-electron chi connectivity index (χ4n) is 1.63. The van der Waals surface area contributed by atoms with Crippen LogP contribution in [0.3, 0.4) is 0 Å². The van der Waals surface area contributed by atoms with Crippen LogP contribution in [0.2, 0.25) is 0 Å². The van der Waals surface area contributed by atoms with Crippen LogP contribution in [-0.4, -0.2) is 4.98 Å². The number of benzene rings is 1. The van der Waals surface area contributed by atoms with Crippen LogP contribution >= 0.6 is 15.9 Å². The zero-order chi connectivity index (χ0) is 15.6. The van der Waals surface area contributed by atoms with Crippen LogP contribution in [-0.2, 0) is 12.7 Å². The third-order valence-electron chi connectivity index (χ3n) is 2.60. The van der Waals surface area contributed by atoms with E-state index >= 15 is 0 Å². The predicted molar refractivity (Wildman–Crippen MR) is 70.6 cm³/mol. The van der Waals surface area contributed by atoms with Gasteiger partial charge < -0.3 is 5.32 Å². The van der Waals surface area contributed by atoms with Crippen molar-refractivity contribution < 1.29 is 22.0 Å². The molecule has 2 nitrogen and oxygen atoms in total. The van der Waals surface area contributed by atoms with Gasteiger partial charge in [-0.2, -0.15) is 13.2 Å². The van der Waals surface area contributed by atoms with Gasteiger partial charge in [-0.3, -0.25) is 0 Å². The fourth-order valence-corrected chi connectivity index (χ4v) is 1.96. The summed E-state index contributed by atoms with van der Waals surface area (Å²) in [4.78, 5) is 3.65. The Hall–Kier alpha value is -1.70. The highest BCUT2D eigenvalue weighted by Gasteiger charge is 2.34. The molecule has 2 rings (SSSR count). The molecule has 0 radical (unpaired) electrons. The molecule has 0 fully saturated rings. The lowest BCUT2D eigenvalue weighted by Gasteiger charge is -2.14. The summed E-state index contributed by atoms with van der Waals surface area (Å²) in [6.45, 7) is -0.116. The number of pyridine rings is 1. The molecule has 1 N–H and O–H groups in total. The summed E-state index contributed by atoms with van der Waals surface area (Å²) < 4.78 is 64.6. The highest BCUT2D eigenvalue weighted by Crippen LogP contribution is 2.35. The minimum atomic E-state index is -4.58. The van der Waals surface area contributed by atoms with Crippen molar-refractivity contribution in [3.8, 4) is 0 Å². The van der Waals surface area contributed by atoms with E-state index in [1.807, 2.05) is 0 Å². The van der Waals surface area contributed by atoms with Crippen molar-refractivity contribution in [1.82, 2.24) is 4.98 Å². The number of halogens is 6. The second kappa shape index (κ2) is 5.97. The molecule has 0 aliphatic rings. The summed E-state index contributed by atoms with van der Waals surface area (Å²) in [6, 6.07) is 3.98. The summed E-state index contributed by atoms with van der Waals surface area (Å²) >= 11 is 2.92. The van der Waals surface area contributed by atoms with Crippen LogP contribution in [0.5, 0.6) is 0 Å². The van der Waals surface area contributed by atoms with Crippen LogP contribution in [0.4, 0.5) is 27.8 Å². The molecule has 1 aromatic heterocycles. The zero-order valence-corrected chi connectivity index (χ0v) is 11.9. The number of nitrogens with one attached hydrogen (secondary N) is 1. The minimum Gasteiger partial charge on any atom is -0.365 e. The first-order chi connectivity index (χ1) is 9.77. The Morgan fingerprint density at radius 3 is 2.43 bits per heavy atom. The number of anilines is 1. The van der Waals surface area contributed by atoms with E-state index < -0.39 is 23.4 Å². The van der Waals surface area contributed by atoms with Crippen molar-refractivity contribution in [2.75, 3.05) is 5.32 Å². The van der Waals surface area contributed by atoms with Crippen LogP contribution in [0.25, 0.3) is 0 Å². The van der Waals surface area contributed by atoms with E-state index in [0.29, 0.717) is 5.56 Å². The monoisotopic (exact) mass is 366 g/mol. The Morgan fingerprint density at radius 1 is 1.10 bits per heavy atom. The first kappa shape index (κ1) is 15.7. The van der Waals surface area contributed by atoms with Crippen molar-refractivity contribution in [3.05, 3.63) is 57.7 Å². The van der Waals surface area contributed by atoms with Gasteiger partial charge in [0.2, 0.25) is 0 Å². The third-order valence-corrected chi connectivity index (χ3v) is 3.04. The SMILES string of the molecule is Fc1ccc(CNc2ncc(Br)cc2C(F)(F)F)cc1F. The Morgan fingerprint density at radius 2 is 1.81 bits per heavy atom. The lowest BCUT2D eigenvalue weighted by Crippen LogP contribution is -2.12. The van der Waals surface area contributed by atoms with Gasteiger partial charge in [-0.05, 0) is 39.7 Å². The molecule has 0 atom stereocenters. The number of aromatic nitrogens is 1. The summed E-state index contributed by atoms with van der Waals surface area (Å²) in [5.74, 6) is -2.46. The van der Waals surface area contributed by atoms with E-state index in [4.69, 9.17) is 0 Å². The molecule has 0 bridgehead atoms. The van der Waals surface area contributed by atoms with Crippen molar-refractivity contribution in [3.63, 3.8) is 0 Å². The van der Waals surface area contributed by atoms with Crippen molar-refractivity contribution in [2.24, 2.45) is 0 Å². The summed E-state index contributed by atoms with van der Waals surface area (Å²) in [5.41, 5.74) is -0.647. The highest BCUT2D eigenvalue weighted by atomic mass is 79.9. The second-order valence-electron chi connectivity index (χ2n) is 4.15. The Kier molecular flexibility index (Phi) is 4.46. The van der Waals surface area contributed by atoms with Gasteiger partial charge >= 0.3 is 6.18 Å². The largest absolute Gasteiger partial charge is 0.419 e. The molecule has 1 heterocycles. The maximum absolute atomic E-state index is 13.0. The maximum Gasteiger partial charge on any atom is 0.419 e. The van der Waals surface area contributed by atoms with E-state index in [1.165, 1.54) is 12.3 Å². The fraction of sp³-hybridized carbons (Fsp3) is 0.154. The van der Waals surface area contributed by atoms with Crippen molar-refractivity contribution >= 4 is 21.7 Å². The first-order valence-electron chi connectivity index (χ1n) is 5.68. The minimum absolute atomic E-state index is 0.116. The van der Waals surface area contributed by atoms with Gasteiger partial charge in [0.25, 0.3) is 0 Å². The molecule has 0 unspecified atom stereocenters.